The highest BCUT2D eigenvalue weighted by Gasteiger charge is 2.34. The van der Waals surface area contributed by atoms with E-state index in [2.05, 4.69) is 5.32 Å². The molecule has 1 aliphatic carbocycles. The van der Waals surface area contributed by atoms with Crippen LogP contribution in [0.25, 0.3) is 0 Å². The number of rotatable bonds is 4. The number of hydrogen-bond acceptors (Lipinski definition) is 3. The van der Waals surface area contributed by atoms with Gasteiger partial charge in [-0.1, -0.05) is 31.4 Å². The van der Waals surface area contributed by atoms with E-state index in [0.29, 0.717) is 13.0 Å². The molecule has 0 spiro atoms. The average molecular weight is 352 g/mol. The van der Waals surface area contributed by atoms with Crippen molar-refractivity contribution in [3.8, 4) is 0 Å². The summed E-state index contributed by atoms with van der Waals surface area (Å²) in [5.74, 6) is 0.120. The van der Waals surface area contributed by atoms with E-state index in [1.54, 1.807) is 0 Å². The van der Waals surface area contributed by atoms with Crippen molar-refractivity contribution < 1.29 is 9.59 Å². The Morgan fingerprint density at radius 1 is 1.21 bits per heavy atom. The van der Waals surface area contributed by atoms with Crippen molar-refractivity contribution in [3.05, 3.63) is 29.8 Å². The van der Waals surface area contributed by atoms with Crippen LogP contribution in [0.5, 0.6) is 0 Å². The second-order valence-corrected chi connectivity index (χ2v) is 6.72. The van der Waals surface area contributed by atoms with Gasteiger partial charge in [-0.25, -0.2) is 0 Å². The molecule has 0 bridgehead atoms. The fourth-order valence-electron chi connectivity index (χ4n) is 3.52. The van der Waals surface area contributed by atoms with Gasteiger partial charge in [0.2, 0.25) is 11.8 Å². The molecule has 1 aromatic carbocycles. The normalized spacial score (nSPS) is 19.7. The molecule has 3 rings (SSSR count). The van der Waals surface area contributed by atoms with Crippen molar-refractivity contribution in [2.75, 3.05) is 11.4 Å². The van der Waals surface area contributed by atoms with Crippen molar-refractivity contribution >= 4 is 29.9 Å². The van der Waals surface area contributed by atoms with Crippen LogP contribution in [-0.4, -0.2) is 23.9 Å². The van der Waals surface area contributed by atoms with Gasteiger partial charge in [-0.15, -0.1) is 12.4 Å². The van der Waals surface area contributed by atoms with E-state index in [1.165, 1.54) is 0 Å². The van der Waals surface area contributed by atoms with Gasteiger partial charge in [-0.2, -0.15) is 0 Å². The molecule has 0 unspecified atom stereocenters. The number of nitrogens with zero attached hydrogens (tertiary/aromatic N) is 1. The second kappa shape index (κ2) is 7.99. The fraction of sp³-hybridized carbons (Fsp3) is 0.556. The Morgan fingerprint density at radius 3 is 2.62 bits per heavy atom. The Morgan fingerprint density at radius 2 is 1.96 bits per heavy atom. The summed E-state index contributed by atoms with van der Waals surface area (Å²) in [5, 5.41) is 2.97. The predicted octanol–water partition coefficient (Wildman–Crippen LogP) is 2.51. The first kappa shape index (κ1) is 18.7. The molecule has 2 aliphatic rings. The monoisotopic (exact) mass is 351 g/mol. The Hall–Kier alpha value is -1.59. The molecule has 6 heteroatoms. The number of halogens is 1. The third-order valence-electron chi connectivity index (χ3n) is 4.95. The minimum Gasteiger partial charge on any atom is -0.350 e. The molecule has 0 aromatic heterocycles. The molecular weight excluding hydrogens is 326 g/mol. The zero-order chi connectivity index (χ0) is 16.3. The Kier molecular flexibility index (Phi) is 6.24. The quantitative estimate of drug-likeness (QED) is 0.875. The molecule has 0 atom stereocenters. The molecule has 132 valence electrons. The van der Waals surface area contributed by atoms with Crippen LogP contribution in [0.15, 0.2) is 24.3 Å². The molecule has 1 saturated carbocycles. The molecule has 24 heavy (non-hydrogen) atoms. The molecule has 3 N–H and O–H groups in total. The van der Waals surface area contributed by atoms with Crippen molar-refractivity contribution in [1.82, 2.24) is 5.32 Å². The second-order valence-electron chi connectivity index (χ2n) is 6.72. The third kappa shape index (κ3) is 4.08. The maximum absolute atomic E-state index is 12.4. The van der Waals surface area contributed by atoms with Crippen LogP contribution in [-0.2, 0) is 16.1 Å². The summed E-state index contributed by atoms with van der Waals surface area (Å²) >= 11 is 0. The summed E-state index contributed by atoms with van der Waals surface area (Å²) in [4.78, 5) is 26.0. The van der Waals surface area contributed by atoms with Crippen LogP contribution in [0.1, 0.15) is 50.5 Å². The van der Waals surface area contributed by atoms with Crippen LogP contribution in [0.2, 0.25) is 0 Å². The number of amides is 2. The van der Waals surface area contributed by atoms with Crippen LogP contribution in [0, 0.1) is 0 Å². The van der Waals surface area contributed by atoms with Crippen LogP contribution >= 0.6 is 12.4 Å². The highest BCUT2D eigenvalue weighted by Crippen LogP contribution is 2.26. The highest BCUT2D eigenvalue weighted by atomic mass is 35.5. The van der Waals surface area contributed by atoms with Crippen LogP contribution in [0.4, 0.5) is 5.69 Å². The lowest BCUT2D eigenvalue weighted by molar-refractivity contribution is -0.127. The van der Waals surface area contributed by atoms with E-state index in [-0.39, 0.29) is 24.2 Å². The standard InChI is InChI=1S/C18H25N3O2.ClH/c19-18(9-2-1-3-10-18)17(23)20-13-14-6-4-7-15(12-14)21-11-5-8-16(21)22;/h4,6-7,12H,1-3,5,8-11,13,19H2,(H,20,23);1H. The average Bonchev–Trinajstić information content (AvgIpc) is 2.99. The fourth-order valence-corrected chi connectivity index (χ4v) is 3.52. The van der Waals surface area contributed by atoms with Gasteiger partial charge in [-0.05, 0) is 37.0 Å². The summed E-state index contributed by atoms with van der Waals surface area (Å²) in [6.07, 6.45) is 6.28. The van der Waals surface area contributed by atoms with Gasteiger partial charge >= 0.3 is 0 Å². The summed E-state index contributed by atoms with van der Waals surface area (Å²) in [6.45, 7) is 1.23. The minimum atomic E-state index is -0.708. The Balaban J connectivity index is 0.00000208. The van der Waals surface area contributed by atoms with Gasteiger partial charge < -0.3 is 16.0 Å². The largest absolute Gasteiger partial charge is 0.350 e. The first-order valence-corrected chi connectivity index (χ1v) is 8.55. The predicted molar refractivity (Wildman–Crippen MR) is 97.1 cm³/mol. The first-order valence-electron chi connectivity index (χ1n) is 8.55. The molecule has 2 fully saturated rings. The zero-order valence-corrected chi connectivity index (χ0v) is 14.7. The SMILES string of the molecule is Cl.NC1(C(=O)NCc2cccc(N3CCCC3=O)c2)CCCCC1. The summed E-state index contributed by atoms with van der Waals surface area (Å²) < 4.78 is 0. The maximum Gasteiger partial charge on any atom is 0.240 e. The van der Waals surface area contributed by atoms with Gasteiger partial charge in [0, 0.05) is 25.2 Å². The lowest BCUT2D eigenvalue weighted by atomic mass is 9.82. The van der Waals surface area contributed by atoms with E-state index in [9.17, 15) is 9.59 Å². The summed E-state index contributed by atoms with van der Waals surface area (Å²) in [6, 6.07) is 7.82. The van der Waals surface area contributed by atoms with E-state index in [4.69, 9.17) is 5.73 Å². The Labute approximate surface area is 149 Å². The highest BCUT2D eigenvalue weighted by molar-refractivity contribution is 5.95. The van der Waals surface area contributed by atoms with E-state index < -0.39 is 5.54 Å². The number of hydrogen-bond donors (Lipinski definition) is 2. The molecule has 1 aliphatic heterocycles. The third-order valence-corrected chi connectivity index (χ3v) is 4.95. The van der Waals surface area contributed by atoms with Gasteiger partial charge in [0.1, 0.15) is 0 Å². The lowest BCUT2D eigenvalue weighted by Gasteiger charge is -2.31. The van der Waals surface area contributed by atoms with E-state index in [0.717, 1.165) is 56.3 Å². The van der Waals surface area contributed by atoms with Gasteiger partial charge in [-0.3, -0.25) is 9.59 Å². The molecule has 5 nitrogen and oxygen atoms in total. The number of anilines is 1. The molecule has 1 heterocycles. The van der Waals surface area contributed by atoms with Crippen molar-refractivity contribution in [2.24, 2.45) is 5.73 Å². The van der Waals surface area contributed by atoms with Crippen LogP contribution < -0.4 is 16.0 Å². The smallest absolute Gasteiger partial charge is 0.240 e. The number of nitrogens with two attached hydrogens (primary N) is 1. The number of nitrogens with one attached hydrogen (secondary N) is 1. The molecule has 1 aromatic rings. The Bertz CT molecular complexity index is 600. The number of benzene rings is 1. The van der Waals surface area contributed by atoms with Crippen LogP contribution in [0.3, 0.4) is 0 Å². The van der Waals surface area contributed by atoms with Gasteiger partial charge in [0.15, 0.2) is 0 Å². The first-order chi connectivity index (χ1) is 11.1. The zero-order valence-electron chi connectivity index (χ0n) is 13.9. The number of carbonyl (C=O) groups excluding carboxylic acids is 2. The minimum absolute atomic E-state index is 0. The van der Waals surface area contributed by atoms with Gasteiger partial charge in [0.25, 0.3) is 0 Å². The van der Waals surface area contributed by atoms with Crippen molar-refractivity contribution in [1.29, 1.82) is 0 Å². The summed E-state index contributed by atoms with van der Waals surface area (Å²) in [7, 11) is 0. The maximum atomic E-state index is 12.4. The topological polar surface area (TPSA) is 75.4 Å². The summed E-state index contributed by atoms with van der Waals surface area (Å²) in [5.41, 5.74) is 7.45. The van der Waals surface area contributed by atoms with E-state index >= 15 is 0 Å². The molecular formula is C18H26ClN3O2. The lowest BCUT2D eigenvalue weighted by Crippen LogP contribution is -2.54. The van der Waals surface area contributed by atoms with Crippen molar-refractivity contribution in [2.45, 2.75) is 57.0 Å². The molecule has 1 saturated heterocycles. The number of carbonyl (C=O) groups is 2. The van der Waals surface area contributed by atoms with E-state index in [1.807, 2.05) is 29.2 Å². The van der Waals surface area contributed by atoms with Crippen molar-refractivity contribution in [3.63, 3.8) is 0 Å². The van der Waals surface area contributed by atoms with Gasteiger partial charge in [0.05, 0.1) is 5.54 Å². The molecule has 2 amide bonds. The molecule has 0 radical (unpaired) electrons.